The number of thiophene rings is 1. The second-order valence-corrected chi connectivity index (χ2v) is 7.15. The fourth-order valence-corrected chi connectivity index (χ4v) is 3.72. The van der Waals surface area contributed by atoms with Crippen LogP contribution in [0.2, 0.25) is 0 Å². The zero-order valence-electron chi connectivity index (χ0n) is 14.4. The number of carboxylic acids is 1. The van der Waals surface area contributed by atoms with Crippen LogP contribution in [0.3, 0.4) is 0 Å². The molecule has 2 heterocycles. The molecule has 0 aliphatic carbocycles. The minimum absolute atomic E-state index is 0.0763. The summed E-state index contributed by atoms with van der Waals surface area (Å²) in [5.41, 5.74) is 2.97. The van der Waals surface area contributed by atoms with E-state index >= 15 is 0 Å². The Labute approximate surface area is 156 Å². The molecule has 26 heavy (non-hydrogen) atoms. The highest BCUT2D eigenvalue weighted by Gasteiger charge is 2.15. The zero-order valence-corrected chi connectivity index (χ0v) is 15.2. The van der Waals surface area contributed by atoms with Gasteiger partial charge in [-0.05, 0) is 53.8 Å². The second kappa shape index (κ2) is 8.12. The molecule has 0 aliphatic rings. The number of nitrogens with zero attached hydrogens (tertiary/aromatic N) is 2. The van der Waals surface area contributed by atoms with Crippen LogP contribution in [0.1, 0.15) is 32.1 Å². The van der Waals surface area contributed by atoms with Crippen LogP contribution in [-0.2, 0) is 19.6 Å². The lowest BCUT2D eigenvalue weighted by Crippen LogP contribution is -2.23. The van der Waals surface area contributed by atoms with Gasteiger partial charge in [0.1, 0.15) is 11.3 Å². The van der Waals surface area contributed by atoms with Crippen molar-refractivity contribution < 1.29 is 15.0 Å². The quantitative estimate of drug-likeness (QED) is 0.658. The van der Waals surface area contributed by atoms with Crippen molar-refractivity contribution in [3.8, 4) is 5.75 Å². The van der Waals surface area contributed by atoms with E-state index in [4.69, 9.17) is 0 Å². The number of aromatic nitrogens is 1. The molecule has 0 spiro atoms. The number of aromatic carboxylic acids is 1. The van der Waals surface area contributed by atoms with E-state index in [-0.39, 0.29) is 11.3 Å². The number of phenols is 1. The summed E-state index contributed by atoms with van der Waals surface area (Å²) in [4.78, 5) is 19.2. The van der Waals surface area contributed by atoms with Gasteiger partial charge in [0.25, 0.3) is 0 Å². The monoisotopic (exact) mass is 368 g/mol. The third-order valence-corrected chi connectivity index (χ3v) is 5.15. The first-order valence-electron chi connectivity index (χ1n) is 8.23. The molecule has 0 atom stereocenters. The van der Waals surface area contributed by atoms with Gasteiger partial charge in [-0.1, -0.05) is 12.1 Å². The highest BCUT2D eigenvalue weighted by Crippen LogP contribution is 2.23. The lowest BCUT2D eigenvalue weighted by molar-refractivity contribution is 0.0693. The van der Waals surface area contributed by atoms with Crippen LogP contribution in [0.15, 0.2) is 54.0 Å². The lowest BCUT2D eigenvalue weighted by Gasteiger charge is -2.22. The van der Waals surface area contributed by atoms with Crippen molar-refractivity contribution in [1.82, 2.24) is 9.88 Å². The van der Waals surface area contributed by atoms with E-state index in [9.17, 15) is 15.0 Å². The molecular weight excluding hydrogens is 348 g/mol. The number of aromatic hydroxyl groups is 1. The average Bonchev–Trinajstić information content (AvgIpc) is 3.02. The first kappa shape index (κ1) is 18.1. The molecule has 0 aliphatic heterocycles. The van der Waals surface area contributed by atoms with Gasteiger partial charge in [0, 0.05) is 30.7 Å². The van der Waals surface area contributed by atoms with Crippen molar-refractivity contribution in [3.05, 3.63) is 81.3 Å². The molecule has 6 heteroatoms. The largest absolute Gasteiger partial charge is 0.507 e. The van der Waals surface area contributed by atoms with Crippen molar-refractivity contribution >= 4 is 17.3 Å². The van der Waals surface area contributed by atoms with Gasteiger partial charge in [0.15, 0.2) is 0 Å². The lowest BCUT2D eigenvalue weighted by atomic mass is 10.1. The average molecular weight is 368 g/mol. The van der Waals surface area contributed by atoms with E-state index in [1.54, 1.807) is 23.6 Å². The van der Waals surface area contributed by atoms with Gasteiger partial charge in [-0.2, -0.15) is 0 Å². The molecule has 3 rings (SSSR count). The third-order valence-electron chi connectivity index (χ3n) is 4.14. The van der Waals surface area contributed by atoms with Crippen LogP contribution in [0.4, 0.5) is 0 Å². The van der Waals surface area contributed by atoms with Crippen molar-refractivity contribution in [3.63, 3.8) is 0 Å². The van der Waals surface area contributed by atoms with Gasteiger partial charge >= 0.3 is 5.97 Å². The minimum atomic E-state index is -1.13. The molecule has 3 aromatic rings. The number of rotatable bonds is 7. The Balaban J connectivity index is 1.84. The number of hydrogen-bond acceptors (Lipinski definition) is 5. The van der Waals surface area contributed by atoms with Crippen molar-refractivity contribution in [2.75, 3.05) is 0 Å². The van der Waals surface area contributed by atoms with E-state index in [0.29, 0.717) is 13.1 Å². The number of pyridine rings is 1. The molecule has 0 amide bonds. The third kappa shape index (κ3) is 4.47. The van der Waals surface area contributed by atoms with E-state index in [0.717, 1.165) is 17.8 Å². The summed E-state index contributed by atoms with van der Waals surface area (Å²) in [6.45, 7) is 4.06. The van der Waals surface area contributed by atoms with Gasteiger partial charge in [-0.25, -0.2) is 4.79 Å². The topological polar surface area (TPSA) is 73.7 Å². The van der Waals surface area contributed by atoms with E-state index in [1.165, 1.54) is 22.6 Å². The van der Waals surface area contributed by atoms with Crippen LogP contribution >= 0.6 is 11.3 Å². The highest BCUT2D eigenvalue weighted by molar-refractivity contribution is 7.10. The SMILES string of the molecule is Cc1ccsc1CN(Cc1ccc(O)c(C(=O)O)c1)Cc1ccccn1. The summed E-state index contributed by atoms with van der Waals surface area (Å²) in [6.07, 6.45) is 1.77. The van der Waals surface area contributed by atoms with E-state index < -0.39 is 5.97 Å². The van der Waals surface area contributed by atoms with Gasteiger partial charge in [0.05, 0.1) is 5.69 Å². The molecule has 0 bridgehead atoms. The predicted octanol–water partition coefficient (Wildman–Crippen LogP) is 4.06. The summed E-state index contributed by atoms with van der Waals surface area (Å²) >= 11 is 1.71. The summed E-state index contributed by atoms with van der Waals surface area (Å²) in [5, 5.41) is 21.0. The predicted molar refractivity (Wildman–Crippen MR) is 101 cm³/mol. The molecule has 2 N–H and O–H groups in total. The summed E-state index contributed by atoms with van der Waals surface area (Å²) in [7, 11) is 0. The molecule has 0 saturated carbocycles. The molecule has 2 aromatic heterocycles. The van der Waals surface area contributed by atoms with Gasteiger partial charge in [0.2, 0.25) is 0 Å². The van der Waals surface area contributed by atoms with E-state index in [1.807, 2.05) is 18.2 Å². The first-order valence-corrected chi connectivity index (χ1v) is 9.11. The van der Waals surface area contributed by atoms with Crippen LogP contribution in [0.25, 0.3) is 0 Å². The highest BCUT2D eigenvalue weighted by atomic mass is 32.1. The molecule has 5 nitrogen and oxygen atoms in total. The maximum absolute atomic E-state index is 11.3. The Morgan fingerprint density at radius 1 is 1.15 bits per heavy atom. The maximum Gasteiger partial charge on any atom is 0.339 e. The summed E-state index contributed by atoms with van der Waals surface area (Å²) in [5.74, 6) is -1.35. The van der Waals surface area contributed by atoms with Gasteiger partial charge in [-0.15, -0.1) is 11.3 Å². The van der Waals surface area contributed by atoms with Gasteiger partial charge in [-0.3, -0.25) is 9.88 Å². The Morgan fingerprint density at radius 2 is 2.00 bits per heavy atom. The Kier molecular flexibility index (Phi) is 5.65. The molecule has 0 fully saturated rings. The number of aryl methyl sites for hydroxylation is 1. The first-order chi connectivity index (χ1) is 12.5. The number of carbonyl (C=O) groups is 1. The fraction of sp³-hybridized carbons (Fsp3) is 0.200. The number of benzene rings is 1. The Bertz CT molecular complexity index is 893. The summed E-state index contributed by atoms with van der Waals surface area (Å²) in [6, 6.07) is 12.7. The molecular formula is C20H20N2O3S. The number of hydrogen-bond donors (Lipinski definition) is 2. The fourth-order valence-electron chi connectivity index (χ4n) is 2.77. The van der Waals surface area contributed by atoms with Crippen LogP contribution in [0, 0.1) is 6.92 Å². The normalized spacial score (nSPS) is 11.0. The molecule has 1 aromatic carbocycles. The maximum atomic E-state index is 11.3. The van der Waals surface area contributed by atoms with Crippen LogP contribution in [-0.4, -0.2) is 26.1 Å². The van der Waals surface area contributed by atoms with Crippen molar-refractivity contribution in [1.29, 1.82) is 0 Å². The molecule has 134 valence electrons. The Morgan fingerprint density at radius 3 is 2.65 bits per heavy atom. The molecule has 0 unspecified atom stereocenters. The van der Waals surface area contributed by atoms with Crippen LogP contribution < -0.4 is 0 Å². The summed E-state index contributed by atoms with van der Waals surface area (Å²) < 4.78 is 0. The Hall–Kier alpha value is -2.70. The number of carboxylic acid groups (broad SMARTS) is 1. The smallest absolute Gasteiger partial charge is 0.339 e. The molecule has 0 saturated heterocycles. The van der Waals surface area contributed by atoms with E-state index in [2.05, 4.69) is 28.3 Å². The van der Waals surface area contributed by atoms with Crippen molar-refractivity contribution in [2.45, 2.75) is 26.6 Å². The zero-order chi connectivity index (χ0) is 18.5. The van der Waals surface area contributed by atoms with Gasteiger partial charge < -0.3 is 10.2 Å². The minimum Gasteiger partial charge on any atom is -0.507 e. The van der Waals surface area contributed by atoms with Crippen LogP contribution in [0.5, 0.6) is 5.75 Å². The standard InChI is InChI=1S/C20H20N2O3S/c1-14-7-9-26-19(14)13-22(12-16-4-2-3-8-21-16)11-15-5-6-18(23)17(10-15)20(24)25/h2-10,23H,11-13H2,1H3,(H,24,25). The second-order valence-electron chi connectivity index (χ2n) is 6.15. The molecule has 0 radical (unpaired) electrons. The van der Waals surface area contributed by atoms with Crippen molar-refractivity contribution in [2.24, 2.45) is 0 Å².